The van der Waals surface area contributed by atoms with Crippen molar-refractivity contribution < 1.29 is 18.6 Å². The van der Waals surface area contributed by atoms with Crippen LogP contribution in [0.3, 0.4) is 0 Å². The van der Waals surface area contributed by atoms with Crippen LogP contribution in [-0.2, 0) is 18.6 Å². The summed E-state index contributed by atoms with van der Waals surface area (Å²) >= 11 is 0. The van der Waals surface area contributed by atoms with Crippen molar-refractivity contribution in [2.45, 2.75) is 6.92 Å². The highest BCUT2D eigenvalue weighted by Gasteiger charge is 2.06. The number of allylic oxidation sites excluding steroid dienone is 1. The summed E-state index contributed by atoms with van der Waals surface area (Å²) in [5, 5.41) is 0. The first-order valence-electron chi connectivity index (χ1n) is 3.76. The van der Waals surface area contributed by atoms with Crippen LogP contribution >= 0.6 is 8.38 Å². The van der Waals surface area contributed by atoms with Gasteiger partial charge in [0.1, 0.15) is 0 Å². The van der Waals surface area contributed by atoms with Crippen LogP contribution in [0.2, 0.25) is 0 Å². The third kappa shape index (κ3) is 4.98. The molecule has 4 nitrogen and oxygen atoms in total. The van der Waals surface area contributed by atoms with Crippen molar-refractivity contribution in [3.63, 3.8) is 0 Å². The molecule has 0 aliphatic rings. The molecule has 0 aromatic heterocycles. The Morgan fingerprint density at radius 2 is 1.85 bits per heavy atom. The summed E-state index contributed by atoms with van der Waals surface area (Å²) in [5.74, 6) is -0.317. The highest BCUT2D eigenvalue weighted by Crippen LogP contribution is 2.35. The van der Waals surface area contributed by atoms with E-state index in [0.29, 0.717) is 11.7 Å². The highest BCUT2D eigenvalue weighted by atomic mass is 31.2. The first-order chi connectivity index (χ1) is 6.15. The van der Waals surface area contributed by atoms with Crippen LogP contribution in [0, 0.1) is 0 Å². The van der Waals surface area contributed by atoms with E-state index < -0.39 is 8.38 Å². The van der Waals surface area contributed by atoms with Gasteiger partial charge in [-0.25, -0.2) is 4.79 Å². The van der Waals surface area contributed by atoms with Crippen molar-refractivity contribution in [2.75, 3.05) is 27.5 Å². The van der Waals surface area contributed by atoms with Gasteiger partial charge >= 0.3 is 5.97 Å². The summed E-state index contributed by atoms with van der Waals surface area (Å²) in [6.07, 6.45) is 2.35. The van der Waals surface area contributed by atoms with E-state index in [2.05, 4.69) is 4.74 Å². The lowest BCUT2D eigenvalue weighted by molar-refractivity contribution is -0.136. The average Bonchev–Trinajstić information content (AvgIpc) is 2.17. The molecule has 0 amide bonds. The van der Waals surface area contributed by atoms with Gasteiger partial charge in [-0.3, -0.25) is 0 Å². The maximum absolute atomic E-state index is 10.9. The Labute approximate surface area is 79.8 Å². The van der Waals surface area contributed by atoms with E-state index in [0.717, 1.165) is 0 Å². The number of hydrogen-bond donors (Lipinski definition) is 0. The van der Waals surface area contributed by atoms with Gasteiger partial charge < -0.3 is 13.8 Å². The van der Waals surface area contributed by atoms with Crippen molar-refractivity contribution in [1.82, 2.24) is 0 Å². The van der Waals surface area contributed by atoms with Crippen molar-refractivity contribution in [2.24, 2.45) is 0 Å². The Hall–Kier alpha value is -0.440. The van der Waals surface area contributed by atoms with E-state index in [1.54, 1.807) is 27.2 Å². The zero-order chi connectivity index (χ0) is 10.3. The van der Waals surface area contributed by atoms with Gasteiger partial charge in [0.05, 0.1) is 7.11 Å². The Bertz CT molecular complexity index is 187. The fraction of sp³-hybridized carbons (Fsp3) is 0.625. The van der Waals surface area contributed by atoms with Gasteiger partial charge in [0.25, 0.3) is 0 Å². The van der Waals surface area contributed by atoms with E-state index in [4.69, 9.17) is 9.05 Å². The topological polar surface area (TPSA) is 44.8 Å². The second-order valence-electron chi connectivity index (χ2n) is 2.26. The second kappa shape index (κ2) is 7.01. The first kappa shape index (κ1) is 12.6. The number of carbonyl (C=O) groups is 1. The summed E-state index contributed by atoms with van der Waals surface area (Å²) in [6.45, 7) is 1.70. The second-order valence-corrected chi connectivity index (χ2v) is 4.02. The van der Waals surface area contributed by atoms with Gasteiger partial charge in [0.2, 0.25) is 0 Å². The maximum atomic E-state index is 10.9. The Balaban J connectivity index is 4.01. The van der Waals surface area contributed by atoms with E-state index in [9.17, 15) is 4.79 Å². The minimum atomic E-state index is -0.903. The normalized spacial score (nSPS) is 11.9. The number of esters is 1. The lowest BCUT2D eigenvalue weighted by Gasteiger charge is -2.09. The monoisotopic (exact) mass is 206 g/mol. The molecule has 0 aromatic carbocycles. The number of carbonyl (C=O) groups excluding carboxylic acids is 1. The molecule has 0 bridgehead atoms. The van der Waals surface area contributed by atoms with Crippen LogP contribution in [0.25, 0.3) is 0 Å². The molecule has 76 valence electrons. The van der Waals surface area contributed by atoms with E-state index in [-0.39, 0.29) is 5.97 Å². The molecule has 0 N–H and O–H groups in total. The van der Waals surface area contributed by atoms with Crippen LogP contribution in [0.15, 0.2) is 11.6 Å². The van der Waals surface area contributed by atoms with Crippen molar-refractivity contribution in [3.8, 4) is 0 Å². The molecule has 0 atom stereocenters. The minimum Gasteiger partial charge on any atom is -0.466 e. The van der Waals surface area contributed by atoms with Gasteiger partial charge in [-0.15, -0.1) is 0 Å². The number of methoxy groups -OCH3 is 1. The lowest BCUT2D eigenvalue weighted by atomic mass is 10.3. The van der Waals surface area contributed by atoms with Gasteiger partial charge in [-0.2, -0.15) is 0 Å². The third-order valence-corrected chi connectivity index (χ3v) is 2.76. The standard InChI is InChI=1S/C8H15O4P/c1-7(8(9)10-2)5-6-13(11-3)12-4/h5H,6H2,1-4H3. The molecule has 0 heterocycles. The van der Waals surface area contributed by atoms with Crippen LogP contribution in [0.4, 0.5) is 0 Å². The van der Waals surface area contributed by atoms with E-state index >= 15 is 0 Å². The van der Waals surface area contributed by atoms with Gasteiger partial charge in [0, 0.05) is 26.0 Å². The fourth-order valence-electron chi connectivity index (χ4n) is 0.679. The quantitative estimate of drug-likeness (QED) is 0.390. The SMILES string of the molecule is COC(=O)C(C)=CCP(OC)OC. The molecule has 0 rings (SSSR count). The molecule has 0 unspecified atom stereocenters. The molecule has 0 saturated carbocycles. The van der Waals surface area contributed by atoms with Crippen LogP contribution in [0.5, 0.6) is 0 Å². The predicted molar refractivity (Wildman–Crippen MR) is 51.6 cm³/mol. The Morgan fingerprint density at radius 3 is 2.23 bits per heavy atom. The van der Waals surface area contributed by atoms with Crippen LogP contribution in [0.1, 0.15) is 6.92 Å². The molecule has 0 radical (unpaired) electrons. The molecular formula is C8H15O4P. The first-order valence-corrected chi connectivity index (χ1v) is 5.12. The lowest BCUT2D eigenvalue weighted by Crippen LogP contribution is -2.02. The highest BCUT2D eigenvalue weighted by molar-refractivity contribution is 7.47. The number of hydrogen-bond acceptors (Lipinski definition) is 4. The van der Waals surface area contributed by atoms with Gasteiger partial charge in [-0.1, -0.05) is 6.08 Å². The third-order valence-electron chi connectivity index (χ3n) is 1.46. The summed E-state index contributed by atoms with van der Waals surface area (Å²) in [5.41, 5.74) is 0.573. The van der Waals surface area contributed by atoms with Crippen molar-refractivity contribution in [1.29, 1.82) is 0 Å². The Morgan fingerprint density at radius 1 is 1.31 bits per heavy atom. The molecule has 5 heteroatoms. The smallest absolute Gasteiger partial charge is 0.333 e. The average molecular weight is 206 g/mol. The zero-order valence-corrected chi connectivity index (χ0v) is 9.26. The van der Waals surface area contributed by atoms with Crippen molar-refractivity contribution >= 4 is 14.3 Å². The summed E-state index contributed by atoms with van der Waals surface area (Å²) < 4.78 is 14.5. The summed E-state index contributed by atoms with van der Waals surface area (Å²) in [4.78, 5) is 10.9. The predicted octanol–water partition coefficient (Wildman–Crippen LogP) is 1.71. The number of ether oxygens (including phenoxy) is 1. The summed E-state index contributed by atoms with van der Waals surface area (Å²) in [6, 6.07) is 0. The van der Waals surface area contributed by atoms with Crippen LogP contribution < -0.4 is 0 Å². The van der Waals surface area contributed by atoms with Gasteiger partial charge in [-0.05, 0) is 6.92 Å². The fourth-order valence-corrected chi connectivity index (χ4v) is 1.55. The molecule has 0 spiro atoms. The van der Waals surface area contributed by atoms with E-state index in [1.807, 2.05) is 0 Å². The molecule has 13 heavy (non-hydrogen) atoms. The molecule has 0 aliphatic heterocycles. The van der Waals surface area contributed by atoms with Gasteiger partial charge in [0.15, 0.2) is 8.38 Å². The van der Waals surface area contributed by atoms with Crippen LogP contribution in [-0.4, -0.2) is 33.5 Å². The Kier molecular flexibility index (Phi) is 6.77. The molecular weight excluding hydrogens is 191 g/mol. The minimum absolute atomic E-state index is 0.317. The number of rotatable bonds is 5. The molecule has 0 saturated heterocycles. The molecule has 0 fully saturated rings. The molecule has 0 aromatic rings. The summed E-state index contributed by atoms with van der Waals surface area (Å²) in [7, 11) is 3.61. The zero-order valence-electron chi connectivity index (χ0n) is 8.36. The molecule has 0 aliphatic carbocycles. The maximum Gasteiger partial charge on any atom is 0.333 e. The van der Waals surface area contributed by atoms with Crippen molar-refractivity contribution in [3.05, 3.63) is 11.6 Å². The van der Waals surface area contributed by atoms with E-state index in [1.165, 1.54) is 7.11 Å². The largest absolute Gasteiger partial charge is 0.466 e.